The summed E-state index contributed by atoms with van der Waals surface area (Å²) < 4.78 is 5.22. The van der Waals surface area contributed by atoms with Gasteiger partial charge in [-0.05, 0) is 65.6 Å². The van der Waals surface area contributed by atoms with E-state index in [1.54, 1.807) is 0 Å². The number of nitrogens with zero attached hydrogens (tertiary/aromatic N) is 2. The molecule has 1 aliphatic rings. The van der Waals surface area contributed by atoms with Crippen LogP contribution in [0.5, 0.6) is 0 Å². The molecular weight excluding hydrogens is 278 g/mol. The van der Waals surface area contributed by atoms with Crippen molar-refractivity contribution >= 4 is 11.9 Å². The number of nitrogens with one attached hydrogen (secondary N) is 1. The maximum atomic E-state index is 11.7. The first-order valence-corrected chi connectivity index (χ1v) is 7.98. The second kappa shape index (κ2) is 6.65. The highest BCUT2D eigenvalue weighted by Crippen LogP contribution is 2.33. The second-order valence-corrected chi connectivity index (χ2v) is 7.09. The predicted octanol–water partition coefficient (Wildman–Crippen LogP) is 3.97. The number of amides is 1. The van der Waals surface area contributed by atoms with Gasteiger partial charge in [0.15, 0.2) is 0 Å². The summed E-state index contributed by atoms with van der Waals surface area (Å²) in [7, 11) is 0. The third kappa shape index (κ3) is 4.44. The van der Waals surface area contributed by atoms with Gasteiger partial charge >= 0.3 is 6.09 Å². The fraction of sp³-hybridized carbons (Fsp3) is 0.647. The number of likely N-dealkylation sites (tertiary alicyclic amines) is 1. The molecule has 1 amide bonds. The number of hydrogen-bond acceptors (Lipinski definition) is 4. The average molecular weight is 305 g/mol. The lowest BCUT2D eigenvalue weighted by Crippen LogP contribution is -2.30. The number of aromatic nitrogens is 1. The summed E-state index contributed by atoms with van der Waals surface area (Å²) in [6.07, 6.45) is 3.77. The van der Waals surface area contributed by atoms with Crippen LogP contribution in [0.2, 0.25) is 0 Å². The molecule has 1 fully saturated rings. The van der Waals surface area contributed by atoms with E-state index in [1.807, 2.05) is 39.1 Å². The zero-order valence-electron chi connectivity index (χ0n) is 14.2. The molecule has 1 saturated heterocycles. The number of carbonyl (C=O) groups is 1. The summed E-state index contributed by atoms with van der Waals surface area (Å²) in [6, 6.07) is 4.86. The van der Waals surface area contributed by atoms with Crippen LogP contribution >= 0.6 is 0 Å². The van der Waals surface area contributed by atoms with Crippen molar-refractivity contribution in [2.45, 2.75) is 65.1 Å². The van der Waals surface area contributed by atoms with Crippen LogP contribution in [0.3, 0.4) is 0 Å². The summed E-state index contributed by atoms with van der Waals surface area (Å²) in [4.78, 5) is 18.6. The molecule has 0 aromatic carbocycles. The highest BCUT2D eigenvalue weighted by atomic mass is 16.6. The highest BCUT2D eigenvalue weighted by Gasteiger charge is 2.28. The van der Waals surface area contributed by atoms with Crippen molar-refractivity contribution in [3.05, 3.63) is 23.9 Å². The Morgan fingerprint density at radius 1 is 1.41 bits per heavy atom. The molecule has 5 nitrogen and oxygen atoms in total. The van der Waals surface area contributed by atoms with E-state index in [-0.39, 0.29) is 0 Å². The van der Waals surface area contributed by atoms with E-state index in [9.17, 15) is 4.79 Å². The quantitative estimate of drug-likeness (QED) is 0.918. The first-order valence-electron chi connectivity index (χ1n) is 7.98. The lowest BCUT2D eigenvalue weighted by atomic mass is 10.1. The zero-order chi connectivity index (χ0) is 16.3. The molecule has 1 N–H and O–H groups in total. The van der Waals surface area contributed by atoms with E-state index in [1.165, 1.54) is 18.4 Å². The fourth-order valence-electron chi connectivity index (χ4n) is 2.85. The van der Waals surface area contributed by atoms with Crippen molar-refractivity contribution in [2.24, 2.45) is 0 Å². The molecule has 0 saturated carbocycles. The number of anilines is 1. The Morgan fingerprint density at radius 3 is 2.68 bits per heavy atom. The molecule has 1 aliphatic heterocycles. The molecule has 0 radical (unpaired) electrons. The lowest BCUT2D eigenvalue weighted by molar-refractivity contribution is 0.0635. The second-order valence-electron chi connectivity index (χ2n) is 7.09. The summed E-state index contributed by atoms with van der Waals surface area (Å²) in [6.45, 7) is 11.1. The minimum absolute atomic E-state index is 0.433. The van der Waals surface area contributed by atoms with E-state index in [2.05, 4.69) is 29.0 Å². The normalized spacial score (nSPS) is 19.5. The van der Waals surface area contributed by atoms with Gasteiger partial charge in [-0.15, -0.1) is 0 Å². The topological polar surface area (TPSA) is 54.5 Å². The number of carbonyl (C=O) groups excluding carboxylic acids is 1. The molecule has 1 aromatic heterocycles. The molecule has 1 aromatic rings. The van der Waals surface area contributed by atoms with Crippen LogP contribution in [0.4, 0.5) is 10.6 Å². The van der Waals surface area contributed by atoms with E-state index in [0.29, 0.717) is 17.9 Å². The molecule has 0 bridgehead atoms. The zero-order valence-corrected chi connectivity index (χ0v) is 14.2. The maximum absolute atomic E-state index is 11.7. The Labute approximate surface area is 133 Å². The Hall–Kier alpha value is -1.62. The minimum atomic E-state index is -0.508. The Kier molecular flexibility index (Phi) is 5.06. The third-order valence-corrected chi connectivity index (χ3v) is 3.76. The molecule has 2 heterocycles. The van der Waals surface area contributed by atoms with Gasteiger partial charge in [-0.2, -0.15) is 0 Å². The molecule has 22 heavy (non-hydrogen) atoms. The Balaban J connectivity index is 2.00. The van der Waals surface area contributed by atoms with Crippen LogP contribution in [-0.4, -0.2) is 34.2 Å². The van der Waals surface area contributed by atoms with Crippen molar-refractivity contribution < 1.29 is 9.53 Å². The minimum Gasteiger partial charge on any atom is -0.444 e. The van der Waals surface area contributed by atoms with Gasteiger partial charge in [0.2, 0.25) is 0 Å². The van der Waals surface area contributed by atoms with Gasteiger partial charge in [0, 0.05) is 18.3 Å². The molecule has 1 atom stereocenters. The van der Waals surface area contributed by atoms with Gasteiger partial charge in [-0.1, -0.05) is 6.07 Å². The van der Waals surface area contributed by atoms with Crippen LogP contribution in [0.1, 0.15) is 59.1 Å². The Bertz CT molecular complexity index is 506. The predicted molar refractivity (Wildman–Crippen MR) is 87.9 cm³/mol. The van der Waals surface area contributed by atoms with Crippen molar-refractivity contribution in [1.82, 2.24) is 9.88 Å². The van der Waals surface area contributed by atoms with Crippen LogP contribution in [0.15, 0.2) is 18.3 Å². The number of ether oxygens (including phenoxy) is 1. The first-order chi connectivity index (χ1) is 10.3. The van der Waals surface area contributed by atoms with Gasteiger partial charge < -0.3 is 4.74 Å². The van der Waals surface area contributed by atoms with Crippen molar-refractivity contribution in [1.29, 1.82) is 0 Å². The Morgan fingerprint density at radius 2 is 2.14 bits per heavy atom. The first kappa shape index (κ1) is 16.7. The molecule has 5 heteroatoms. The number of hydrogen-bond donors (Lipinski definition) is 1. The molecule has 0 unspecified atom stereocenters. The van der Waals surface area contributed by atoms with Crippen molar-refractivity contribution in [3.8, 4) is 0 Å². The standard InChI is InChI=1S/C17H27N3O2/c1-12(2)20-10-6-7-14(20)13-8-9-15(18-11-13)19-16(21)22-17(3,4)5/h8-9,11-12,14H,6-7,10H2,1-5H3,(H,18,19,21)/t14-/m0/s1. The molecule has 2 rings (SSSR count). The third-order valence-electron chi connectivity index (χ3n) is 3.76. The van der Waals surface area contributed by atoms with Crippen molar-refractivity contribution in [3.63, 3.8) is 0 Å². The van der Waals surface area contributed by atoms with E-state index in [4.69, 9.17) is 4.74 Å². The van der Waals surface area contributed by atoms with E-state index >= 15 is 0 Å². The monoisotopic (exact) mass is 305 g/mol. The van der Waals surface area contributed by atoms with E-state index in [0.717, 1.165) is 6.54 Å². The maximum Gasteiger partial charge on any atom is 0.413 e. The largest absolute Gasteiger partial charge is 0.444 e. The summed E-state index contributed by atoms with van der Waals surface area (Å²) >= 11 is 0. The van der Waals surface area contributed by atoms with Gasteiger partial charge in [0.05, 0.1) is 0 Å². The number of rotatable bonds is 3. The summed E-state index contributed by atoms with van der Waals surface area (Å²) in [5, 5.41) is 2.66. The van der Waals surface area contributed by atoms with Gasteiger partial charge in [-0.3, -0.25) is 10.2 Å². The fourth-order valence-corrected chi connectivity index (χ4v) is 2.85. The highest BCUT2D eigenvalue weighted by molar-refractivity contribution is 5.83. The molecular formula is C17H27N3O2. The van der Waals surface area contributed by atoms with E-state index < -0.39 is 11.7 Å². The molecule has 122 valence electrons. The summed E-state index contributed by atoms with van der Waals surface area (Å²) in [5.74, 6) is 0.520. The van der Waals surface area contributed by atoms with Gasteiger partial charge in [0.25, 0.3) is 0 Å². The molecule has 0 aliphatic carbocycles. The van der Waals surface area contributed by atoms with Crippen LogP contribution in [0.25, 0.3) is 0 Å². The number of pyridine rings is 1. The summed E-state index contributed by atoms with van der Waals surface area (Å²) in [5.41, 5.74) is 0.701. The van der Waals surface area contributed by atoms with Crippen LogP contribution in [0, 0.1) is 0 Å². The van der Waals surface area contributed by atoms with Crippen LogP contribution in [-0.2, 0) is 4.74 Å². The SMILES string of the molecule is CC(C)N1CCC[C@H]1c1ccc(NC(=O)OC(C)(C)C)nc1. The lowest BCUT2D eigenvalue weighted by Gasteiger charge is -2.28. The van der Waals surface area contributed by atoms with Crippen LogP contribution < -0.4 is 5.32 Å². The average Bonchev–Trinajstić information content (AvgIpc) is 2.86. The molecule has 0 spiro atoms. The van der Waals surface area contributed by atoms with Gasteiger partial charge in [0.1, 0.15) is 11.4 Å². The van der Waals surface area contributed by atoms with Crippen molar-refractivity contribution in [2.75, 3.05) is 11.9 Å². The smallest absolute Gasteiger partial charge is 0.413 e. The van der Waals surface area contributed by atoms with Gasteiger partial charge in [-0.25, -0.2) is 9.78 Å².